The lowest BCUT2D eigenvalue weighted by Gasteiger charge is -2.26. The molecule has 5 heteroatoms. The number of amides is 1. The van der Waals surface area contributed by atoms with Gasteiger partial charge in [0.25, 0.3) is 0 Å². The van der Waals surface area contributed by atoms with E-state index in [2.05, 4.69) is 31.3 Å². The molecule has 0 aliphatic heterocycles. The van der Waals surface area contributed by atoms with Gasteiger partial charge in [-0.2, -0.15) is 0 Å². The van der Waals surface area contributed by atoms with E-state index in [0.29, 0.717) is 12.8 Å². The molecule has 0 radical (unpaired) electrons. The Morgan fingerprint density at radius 1 is 0.511 bits per heavy atom. The molecule has 0 spiro atoms. The van der Waals surface area contributed by atoms with Crippen molar-refractivity contribution in [3.05, 3.63) is 12.2 Å². The highest BCUT2D eigenvalue weighted by atomic mass is 16.3. The number of hydrogen-bond donors (Lipinski definition) is 4. The Morgan fingerprint density at radius 2 is 0.851 bits per heavy atom. The number of carbonyl (C=O) groups is 1. The predicted octanol–water partition coefficient (Wildman–Crippen LogP) is 11.7. The van der Waals surface area contributed by atoms with Gasteiger partial charge in [-0.3, -0.25) is 4.79 Å². The van der Waals surface area contributed by atoms with Gasteiger partial charge >= 0.3 is 0 Å². The SMILES string of the molecule is CCCCCCCCCCC/C=C\CCCCCCCCCC(=O)NC(CO)C(O)C(O)CCCCCCCCCCCCCCC. The van der Waals surface area contributed by atoms with Crippen LogP contribution in [0.4, 0.5) is 0 Å². The first-order chi connectivity index (χ1) is 23.1. The number of rotatable bonds is 38. The first-order valence-corrected chi connectivity index (χ1v) is 21.0. The molecule has 0 saturated carbocycles. The summed E-state index contributed by atoms with van der Waals surface area (Å²) >= 11 is 0. The van der Waals surface area contributed by atoms with Crippen molar-refractivity contribution in [1.82, 2.24) is 5.32 Å². The molecular formula is C42H83NO4. The molecule has 0 rings (SSSR count). The van der Waals surface area contributed by atoms with Gasteiger partial charge in [-0.05, 0) is 38.5 Å². The van der Waals surface area contributed by atoms with Gasteiger partial charge in [0, 0.05) is 6.42 Å². The number of hydrogen-bond acceptors (Lipinski definition) is 4. The third-order valence-corrected chi connectivity index (χ3v) is 9.87. The van der Waals surface area contributed by atoms with E-state index >= 15 is 0 Å². The van der Waals surface area contributed by atoms with Gasteiger partial charge in [-0.15, -0.1) is 0 Å². The number of allylic oxidation sites excluding steroid dienone is 2. The lowest BCUT2D eigenvalue weighted by atomic mass is 9.99. The minimum atomic E-state index is -1.13. The molecule has 0 aliphatic carbocycles. The van der Waals surface area contributed by atoms with Gasteiger partial charge < -0.3 is 20.6 Å². The molecule has 3 atom stereocenters. The molecule has 1 amide bonds. The summed E-state index contributed by atoms with van der Waals surface area (Å²) in [6, 6.07) is -0.807. The van der Waals surface area contributed by atoms with Gasteiger partial charge in [0.2, 0.25) is 5.91 Å². The number of unbranched alkanes of at least 4 members (excludes halogenated alkanes) is 28. The maximum absolute atomic E-state index is 12.4. The second-order valence-electron chi connectivity index (χ2n) is 14.5. The molecule has 0 saturated heterocycles. The lowest BCUT2D eigenvalue weighted by molar-refractivity contribution is -0.124. The maximum atomic E-state index is 12.4. The van der Waals surface area contributed by atoms with Crippen molar-refractivity contribution < 1.29 is 20.1 Å². The molecule has 0 aliphatic rings. The van der Waals surface area contributed by atoms with E-state index in [1.54, 1.807) is 0 Å². The van der Waals surface area contributed by atoms with Crippen LogP contribution in [0.2, 0.25) is 0 Å². The minimum Gasteiger partial charge on any atom is -0.394 e. The Kier molecular flexibility index (Phi) is 37.2. The average molecular weight is 666 g/mol. The Balaban J connectivity index is 3.62. The summed E-state index contributed by atoms with van der Waals surface area (Å²) in [6.45, 7) is 4.18. The smallest absolute Gasteiger partial charge is 0.220 e. The zero-order chi connectivity index (χ0) is 34.5. The molecule has 0 heterocycles. The van der Waals surface area contributed by atoms with E-state index in [9.17, 15) is 20.1 Å². The topological polar surface area (TPSA) is 89.8 Å². The van der Waals surface area contributed by atoms with Crippen molar-refractivity contribution in [2.24, 2.45) is 0 Å². The van der Waals surface area contributed by atoms with Crippen molar-refractivity contribution in [1.29, 1.82) is 0 Å². The molecule has 4 N–H and O–H groups in total. The standard InChI is InChI=1S/C42H83NO4/c1-3-5-7-9-11-13-15-17-18-19-20-21-22-23-25-27-29-31-33-35-37-41(46)43-39(38-44)42(47)40(45)36-34-32-30-28-26-24-16-14-12-10-8-6-4-2/h20-21,39-40,42,44-45,47H,3-19,22-38H2,1-2H3,(H,43,46)/b21-20-. The van der Waals surface area contributed by atoms with E-state index in [1.807, 2.05) is 0 Å². The maximum Gasteiger partial charge on any atom is 0.220 e. The molecule has 0 bridgehead atoms. The normalized spacial score (nSPS) is 13.7. The Hall–Kier alpha value is -0.910. The first kappa shape index (κ1) is 46.1. The van der Waals surface area contributed by atoms with E-state index in [-0.39, 0.29) is 12.5 Å². The third-order valence-electron chi connectivity index (χ3n) is 9.87. The van der Waals surface area contributed by atoms with Crippen molar-refractivity contribution in [2.45, 2.75) is 244 Å². The van der Waals surface area contributed by atoms with Crippen LogP contribution in [-0.4, -0.2) is 46.1 Å². The van der Waals surface area contributed by atoms with E-state index in [1.165, 1.54) is 161 Å². The fraction of sp³-hybridized carbons (Fsp3) is 0.929. The lowest BCUT2D eigenvalue weighted by Crippen LogP contribution is -2.50. The van der Waals surface area contributed by atoms with Crippen LogP contribution < -0.4 is 5.32 Å². The quantitative estimate of drug-likeness (QED) is 0.0390. The summed E-state index contributed by atoms with van der Waals surface area (Å²) in [5, 5.41) is 33.5. The van der Waals surface area contributed by atoms with Gasteiger partial charge in [-0.1, -0.05) is 193 Å². The highest BCUT2D eigenvalue weighted by Crippen LogP contribution is 2.16. The van der Waals surface area contributed by atoms with Gasteiger partial charge in [-0.25, -0.2) is 0 Å². The molecule has 0 aromatic heterocycles. The van der Waals surface area contributed by atoms with Crippen LogP contribution in [0.3, 0.4) is 0 Å². The monoisotopic (exact) mass is 666 g/mol. The largest absolute Gasteiger partial charge is 0.394 e. The van der Waals surface area contributed by atoms with Crippen LogP contribution in [0.15, 0.2) is 12.2 Å². The zero-order valence-corrected chi connectivity index (χ0v) is 31.7. The minimum absolute atomic E-state index is 0.148. The summed E-state index contributed by atoms with van der Waals surface area (Å²) in [4.78, 5) is 12.4. The highest BCUT2D eigenvalue weighted by molar-refractivity contribution is 5.76. The number of nitrogens with one attached hydrogen (secondary N) is 1. The zero-order valence-electron chi connectivity index (χ0n) is 31.7. The van der Waals surface area contributed by atoms with Crippen molar-refractivity contribution >= 4 is 5.91 Å². The Labute approximate surface area is 293 Å². The fourth-order valence-corrected chi connectivity index (χ4v) is 6.57. The first-order valence-electron chi connectivity index (χ1n) is 21.0. The third kappa shape index (κ3) is 33.4. The van der Waals surface area contributed by atoms with E-state index in [4.69, 9.17) is 0 Å². The van der Waals surface area contributed by atoms with Crippen LogP contribution in [0.25, 0.3) is 0 Å². The van der Waals surface area contributed by atoms with Gasteiger partial charge in [0.1, 0.15) is 6.10 Å². The highest BCUT2D eigenvalue weighted by Gasteiger charge is 2.26. The summed E-state index contributed by atoms with van der Waals surface area (Å²) in [7, 11) is 0. The van der Waals surface area contributed by atoms with Gasteiger partial charge in [0.15, 0.2) is 0 Å². The second-order valence-corrected chi connectivity index (χ2v) is 14.5. The fourth-order valence-electron chi connectivity index (χ4n) is 6.57. The molecular weight excluding hydrogens is 582 g/mol. The molecule has 0 aromatic rings. The van der Waals surface area contributed by atoms with Crippen molar-refractivity contribution in [3.63, 3.8) is 0 Å². The summed E-state index contributed by atoms with van der Waals surface area (Å²) in [5.41, 5.74) is 0. The van der Waals surface area contributed by atoms with Crippen LogP contribution in [-0.2, 0) is 4.79 Å². The molecule has 5 nitrogen and oxygen atoms in total. The van der Waals surface area contributed by atoms with E-state index in [0.717, 1.165) is 38.5 Å². The van der Waals surface area contributed by atoms with Crippen LogP contribution in [0.1, 0.15) is 226 Å². The van der Waals surface area contributed by atoms with Crippen LogP contribution in [0, 0.1) is 0 Å². The molecule has 3 unspecified atom stereocenters. The number of carbonyl (C=O) groups excluding carboxylic acids is 1. The summed E-state index contributed by atoms with van der Waals surface area (Å²) in [6.07, 6.45) is 43.1. The Bertz CT molecular complexity index is 655. The van der Waals surface area contributed by atoms with Crippen molar-refractivity contribution in [2.75, 3.05) is 6.61 Å². The summed E-state index contributed by atoms with van der Waals surface area (Å²) in [5.74, 6) is -0.148. The van der Waals surface area contributed by atoms with Crippen molar-refractivity contribution in [3.8, 4) is 0 Å². The Morgan fingerprint density at radius 3 is 1.23 bits per heavy atom. The van der Waals surface area contributed by atoms with Crippen LogP contribution >= 0.6 is 0 Å². The summed E-state index contributed by atoms with van der Waals surface area (Å²) < 4.78 is 0. The van der Waals surface area contributed by atoms with E-state index < -0.39 is 18.2 Å². The molecule has 0 aromatic carbocycles. The predicted molar refractivity (Wildman–Crippen MR) is 204 cm³/mol. The average Bonchev–Trinajstić information content (AvgIpc) is 3.07. The molecule has 47 heavy (non-hydrogen) atoms. The van der Waals surface area contributed by atoms with Crippen LogP contribution in [0.5, 0.6) is 0 Å². The van der Waals surface area contributed by atoms with Gasteiger partial charge in [0.05, 0.1) is 18.8 Å². The second kappa shape index (κ2) is 37.9. The molecule has 280 valence electrons. The molecule has 0 fully saturated rings. The number of aliphatic hydroxyl groups is 3. The number of aliphatic hydroxyl groups excluding tert-OH is 3.